The first-order valence-electron chi connectivity index (χ1n) is 8.81. The molecule has 2 heterocycles. The van der Waals surface area contributed by atoms with Gasteiger partial charge in [-0.05, 0) is 36.5 Å². The number of allylic oxidation sites excluding steroid dienone is 2. The summed E-state index contributed by atoms with van der Waals surface area (Å²) in [7, 11) is 0. The van der Waals surface area contributed by atoms with Crippen molar-refractivity contribution >= 4 is 34.4 Å². The van der Waals surface area contributed by atoms with E-state index in [4.69, 9.17) is 0 Å². The van der Waals surface area contributed by atoms with Crippen LogP contribution in [0.15, 0.2) is 48.6 Å². The average Bonchev–Trinajstić information content (AvgIpc) is 3.32. The van der Waals surface area contributed by atoms with Gasteiger partial charge in [-0.15, -0.1) is 0 Å². The van der Waals surface area contributed by atoms with Crippen LogP contribution in [-0.2, 0) is 14.4 Å². The Hall–Kier alpha value is -3.02. The fourth-order valence-corrected chi connectivity index (χ4v) is 4.58. The van der Waals surface area contributed by atoms with E-state index in [9.17, 15) is 14.4 Å². The van der Waals surface area contributed by atoms with E-state index in [1.165, 1.54) is 0 Å². The van der Waals surface area contributed by atoms with Crippen LogP contribution in [0.1, 0.15) is 6.42 Å². The Bertz CT molecular complexity index is 953. The van der Waals surface area contributed by atoms with Gasteiger partial charge in [0.15, 0.2) is 0 Å². The summed E-state index contributed by atoms with van der Waals surface area (Å²) in [6.45, 7) is -0.251. The lowest BCUT2D eigenvalue weighted by atomic mass is 9.85. The molecule has 4 atom stereocenters. The first-order valence-corrected chi connectivity index (χ1v) is 8.81. The Balaban J connectivity index is 1.31. The van der Waals surface area contributed by atoms with Gasteiger partial charge in [0.25, 0.3) is 0 Å². The maximum atomic E-state index is 12.6. The van der Waals surface area contributed by atoms with Crippen LogP contribution in [-0.4, -0.2) is 34.2 Å². The smallest absolute Gasteiger partial charge is 0.245 e. The van der Waals surface area contributed by atoms with Crippen LogP contribution in [0.2, 0.25) is 0 Å². The number of fused-ring (bicyclic) bond motifs is 6. The van der Waals surface area contributed by atoms with Crippen LogP contribution in [0.4, 0.5) is 5.82 Å². The molecule has 0 radical (unpaired) electrons. The number of carbonyl (C=O) groups is 3. The van der Waals surface area contributed by atoms with Crippen LogP contribution in [0, 0.1) is 23.7 Å². The highest BCUT2D eigenvalue weighted by molar-refractivity contribution is 6.09. The van der Waals surface area contributed by atoms with Crippen LogP contribution in [0.3, 0.4) is 0 Å². The summed E-state index contributed by atoms with van der Waals surface area (Å²) >= 11 is 0. The summed E-state index contributed by atoms with van der Waals surface area (Å²) in [4.78, 5) is 43.1. The van der Waals surface area contributed by atoms with Gasteiger partial charge < -0.3 is 5.32 Å². The van der Waals surface area contributed by atoms with Gasteiger partial charge in [0.2, 0.25) is 17.7 Å². The first kappa shape index (κ1) is 15.3. The molecule has 2 aromatic rings. The molecule has 6 nitrogen and oxygen atoms in total. The van der Waals surface area contributed by atoms with Crippen molar-refractivity contribution in [2.24, 2.45) is 23.7 Å². The van der Waals surface area contributed by atoms with E-state index in [0.717, 1.165) is 22.2 Å². The van der Waals surface area contributed by atoms with Crippen LogP contribution >= 0.6 is 0 Å². The van der Waals surface area contributed by atoms with Crippen LogP contribution < -0.4 is 5.32 Å². The minimum atomic E-state index is -0.408. The number of carbonyl (C=O) groups excluding carboxylic acids is 3. The third-order valence-corrected chi connectivity index (χ3v) is 5.73. The zero-order chi connectivity index (χ0) is 17.8. The lowest BCUT2D eigenvalue weighted by Crippen LogP contribution is -2.39. The van der Waals surface area contributed by atoms with Crippen molar-refractivity contribution in [1.82, 2.24) is 9.88 Å². The van der Waals surface area contributed by atoms with Gasteiger partial charge in [0.1, 0.15) is 12.4 Å². The van der Waals surface area contributed by atoms with Crippen molar-refractivity contribution in [3.05, 3.63) is 48.6 Å². The highest BCUT2D eigenvalue weighted by atomic mass is 16.2. The predicted octanol–water partition coefficient (Wildman–Crippen LogP) is 1.98. The number of anilines is 1. The third kappa shape index (κ3) is 2.18. The molecule has 2 fully saturated rings. The predicted molar refractivity (Wildman–Crippen MR) is 94.8 cm³/mol. The zero-order valence-electron chi connectivity index (χ0n) is 14.0. The van der Waals surface area contributed by atoms with E-state index in [2.05, 4.69) is 10.3 Å². The first-order chi connectivity index (χ1) is 12.6. The molecule has 1 aliphatic heterocycles. The van der Waals surface area contributed by atoms with E-state index in [0.29, 0.717) is 5.82 Å². The van der Waals surface area contributed by atoms with E-state index in [1.54, 1.807) is 6.07 Å². The highest BCUT2D eigenvalue weighted by Gasteiger charge is 2.59. The number of likely N-dealkylation sites (tertiary alicyclic amines) is 1. The Morgan fingerprint density at radius 3 is 2.46 bits per heavy atom. The van der Waals surface area contributed by atoms with Crippen molar-refractivity contribution < 1.29 is 14.4 Å². The standard InChI is InChI=1S/C20H17N3O3/c24-16(22-15-8-7-11-3-1-2-4-14(11)21-15)10-23-19(25)17-12-5-6-13(9-12)18(17)20(23)26/h1-8,12-13,17-18H,9-10H2,(H,21,22,24)/t12-,13-,17-,18+/m0/s1. The molecule has 6 heteroatoms. The minimum absolute atomic E-state index is 0.150. The molecule has 2 aliphatic carbocycles. The quantitative estimate of drug-likeness (QED) is 0.680. The summed E-state index contributed by atoms with van der Waals surface area (Å²) in [6, 6.07) is 11.2. The van der Waals surface area contributed by atoms with Crippen molar-refractivity contribution in [1.29, 1.82) is 0 Å². The summed E-state index contributed by atoms with van der Waals surface area (Å²) in [5, 5.41) is 3.67. The number of para-hydroxylation sites is 1. The Morgan fingerprint density at radius 2 is 1.73 bits per heavy atom. The Kier molecular flexibility index (Phi) is 3.22. The Labute approximate surface area is 149 Å². The number of nitrogens with one attached hydrogen (secondary N) is 1. The Morgan fingerprint density at radius 1 is 1.04 bits per heavy atom. The lowest BCUT2D eigenvalue weighted by Gasteiger charge is -2.16. The van der Waals surface area contributed by atoms with Crippen LogP contribution in [0.25, 0.3) is 10.9 Å². The maximum absolute atomic E-state index is 12.6. The number of pyridine rings is 1. The largest absolute Gasteiger partial charge is 0.309 e. The molecule has 1 aromatic carbocycles. The van der Waals surface area contributed by atoms with Gasteiger partial charge in [-0.2, -0.15) is 0 Å². The average molecular weight is 347 g/mol. The molecule has 26 heavy (non-hydrogen) atoms. The van der Waals surface area contributed by atoms with Crippen molar-refractivity contribution in [3.8, 4) is 0 Å². The summed E-state index contributed by atoms with van der Waals surface area (Å²) < 4.78 is 0. The summed E-state index contributed by atoms with van der Waals surface area (Å²) in [6.07, 6.45) is 4.97. The van der Waals surface area contributed by atoms with Crippen LogP contribution in [0.5, 0.6) is 0 Å². The van der Waals surface area contributed by atoms with E-state index >= 15 is 0 Å². The number of benzene rings is 1. The molecule has 0 spiro atoms. The molecule has 1 saturated heterocycles. The number of imide groups is 1. The molecule has 3 aliphatic rings. The topological polar surface area (TPSA) is 79.4 Å². The van der Waals surface area contributed by atoms with Gasteiger partial charge in [-0.1, -0.05) is 30.4 Å². The van der Waals surface area contributed by atoms with Gasteiger partial charge in [-0.25, -0.2) is 4.98 Å². The molecule has 130 valence electrons. The molecule has 2 bridgehead atoms. The van der Waals surface area contributed by atoms with Gasteiger partial charge in [0, 0.05) is 5.39 Å². The zero-order valence-corrected chi connectivity index (χ0v) is 14.0. The van der Waals surface area contributed by atoms with Crippen molar-refractivity contribution in [2.45, 2.75) is 6.42 Å². The van der Waals surface area contributed by atoms with E-state index in [-0.39, 0.29) is 42.0 Å². The minimum Gasteiger partial charge on any atom is -0.309 e. The second-order valence-electron chi connectivity index (χ2n) is 7.20. The number of rotatable bonds is 3. The highest BCUT2D eigenvalue weighted by Crippen LogP contribution is 2.52. The van der Waals surface area contributed by atoms with Gasteiger partial charge in [-0.3, -0.25) is 19.3 Å². The maximum Gasteiger partial charge on any atom is 0.245 e. The second kappa shape index (κ2) is 5.49. The molecular formula is C20H17N3O3. The normalized spacial score (nSPS) is 28.8. The fourth-order valence-electron chi connectivity index (χ4n) is 4.58. The molecule has 0 unspecified atom stereocenters. The summed E-state index contributed by atoms with van der Waals surface area (Å²) in [5.41, 5.74) is 0.774. The molecule has 1 aromatic heterocycles. The molecule has 1 saturated carbocycles. The van der Waals surface area contributed by atoms with Crippen molar-refractivity contribution in [3.63, 3.8) is 0 Å². The molecule has 3 amide bonds. The number of hydrogen-bond acceptors (Lipinski definition) is 4. The molecule has 5 rings (SSSR count). The number of hydrogen-bond donors (Lipinski definition) is 1. The monoisotopic (exact) mass is 347 g/mol. The molecular weight excluding hydrogens is 330 g/mol. The number of amides is 3. The van der Waals surface area contributed by atoms with Crippen molar-refractivity contribution in [2.75, 3.05) is 11.9 Å². The van der Waals surface area contributed by atoms with E-state index < -0.39 is 5.91 Å². The number of nitrogens with zero attached hydrogens (tertiary/aromatic N) is 2. The molecule has 1 N–H and O–H groups in total. The SMILES string of the molecule is O=C(CN1C(=O)[C@@H]2[C@H](C1=O)[C@H]1C=C[C@H]2C1)Nc1ccc2ccccc2n1. The third-order valence-electron chi connectivity index (χ3n) is 5.73. The van der Waals surface area contributed by atoms with E-state index in [1.807, 2.05) is 42.5 Å². The fraction of sp³-hybridized carbons (Fsp3) is 0.300. The van der Waals surface area contributed by atoms with Gasteiger partial charge >= 0.3 is 0 Å². The lowest BCUT2D eigenvalue weighted by molar-refractivity contribution is -0.143. The second-order valence-corrected chi connectivity index (χ2v) is 7.20. The van der Waals surface area contributed by atoms with Gasteiger partial charge in [0.05, 0.1) is 17.4 Å². The summed E-state index contributed by atoms with van der Waals surface area (Å²) in [5.74, 6) is -0.664. The number of aromatic nitrogens is 1.